The van der Waals surface area contributed by atoms with Gasteiger partial charge in [0.25, 0.3) is 0 Å². The van der Waals surface area contributed by atoms with E-state index in [1.54, 1.807) is 0 Å². The van der Waals surface area contributed by atoms with E-state index in [1.165, 1.54) is 38.9 Å². The molecular formula is C16H32N2. The molecule has 1 saturated carbocycles. The highest BCUT2D eigenvalue weighted by atomic mass is 15.2. The van der Waals surface area contributed by atoms with Crippen LogP contribution in [-0.4, -0.2) is 37.6 Å². The Morgan fingerprint density at radius 1 is 1.22 bits per heavy atom. The zero-order valence-corrected chi connectivity index (χ0v) is 13.0. The standard InChI is InChI=1S/C16H32N2/c1-12-8-13(2)14(15(9-12)17-5)10-18-7-6-16(3,4)11-18/h12-15,17H,6-11H2,1-5H3. The van der Waals surface area contributed by atoms with Crippen molar-refractivity contribution in [3.8, 4) is 0 Å². The summed E-state index contributed by atoms with van der Waals surface area (Å²) in [6.45, 7) is 13.6. The van der Waals surface area contributed by atoms with E-state index < -0.39 is 0 Å². The molecule has 1 saturated heterocycles. The molecule has 2 aliphatic rings. The second-order valence-corrected chi connectivity index (χ2v) is 7.76. The highest BCUT2D eigenvalue weighted by molar-refractivity contribution is 4.91. The Balaban J connectivity index is 1.94. The summed E-state index contributed by atoms with van der Waals surface area (Å²) in [6.07, 6.45) is 4.15. The molecule has 1 aliphatic carbocycles. The molecule has 2 nitrogen and oxygen atoms in total. The molecule has 0 aromatic heterocycles. The van der Waals surface area contributed by atoms with E-state index in [0.29, 0.717) is 5.41 Å². The largest absolute Gasteiger partial charge is 0.317 e. The molecular weight excluding hydrogens is 220 g/mol. The van der Waals surface area contributed by atoms with Crippen LogP contribution in [0, 0.1) is 23.2 Å². The van der Waals surface area contributed by atoms with Crippen molar-refractivity contribution < 1.29 is 0 Å². The Morgan fingerprint density at radius 3 is 2.50 bits per heavy atom. The van der Waals surface area contributed by atoms with E-state index >= 15 is 0 Å². The van der Waals surface area contributed by atoms with Crippen LogP contribution in [0.25, 0.3) is 0 Å². The van der Waals surface area contributed by atoms with Crippen LogP contribution in [0.1, 0.15) is 47.0 Å². The molecule has 1 N–H and O–H groups in total. The predicted octanol–water partition coefficient (Wildman–Crippen LogP) is 2.99. The Hall–Kier alpha value is -0.0800. The van der Waals surface area contributed by atoms with Gasteiger partial charge in [-0.15, -0.1) is 0 Å². The smallest absolute Gasteiger partial charge is 0.0110 e. The van der Waals surface area contributed by atoms with Crippen LogP contribution in [0.3, 0.4) is 0 Å². The Kier molecular flexibility index (Phi) is 4.38. The molecule has 106 valence electrons. The lowest BCUT2D eigenvalue weighted by atomic mass is 9.72. The van der Waals surface area contributed by atoms with Gasteiger partial charge in [0.15, 0.2) is 0 Å². The van der Waals surface area contributed by atoms with E-state index in [4.69, 9.17) is 0 Å². The van der Waals surface area contributed by atoms with Crippen LogP contribution in [0.5, 0.6) is 0 Å². The second-order valence-electron chi connectivity index (χ2n) is 7.76. The first-order chi connectivity index (χ1) is 8.41. The first-order valence-corrected chi connectivity index (χ1v) is 7.81. The maximum absolute atomic E-state index is 3.58. The summed E-state index contributed by atoms with van der Waals surface area (Å²) in [7, 11) is 2.15. The topological polar surface area (TPSA) is 15.3 Å². The first-order valence-electron chi connectivity index (χ1n) is 7.81. The summed E-state index contributed by atoms with van der Waals surface area (Å²) >= 11 is 0. The van der Waals surface area contributed by atoms with Gasteiger partial charge in [0.05, 0.1) is 0 Å². The molecule has 2 rings (SSSR count). The lowest BCUT2D eigenvalue weighted by Crippen LogP contribution is -2.47. The van der Waals surface area contributed by atoms with Crippen molar-refractivity contribution in [1.29, 1.82) is 0 Å². The minimum Gasteiger partial charge on any atom is -0.317 e. The van der Waals surface area contributed by atoms with Crippen LogP contribution < -0.4 is 5.32 Å². The number of rotatable bonds is 3. The van der Waals surface area contributed by atoms with Gasteiger partial charge in [0.1, 0.15) is 0 Å². The fourth-order valence-electron chi connectivity index (χ4n) is 4.23. The van der Waals surface area contributed by atoms with Crippen LogP contribution >= 0.6 is 0 Å². The van der Waals surface area contributed by atoms with Crippen molar-refractivity contribution in [2.45, 2.75) is 53.0 Å². The van der Waals surface area contributed by atoms with Crippen LogP contribution in [0.2, 0.25) is 0 Å². The van der Waals surface area contributed by atoms with Crippen LogP contribution in [0.15, 0.2) is 0 Å². The average molecular weight is 252 g/mol. The molecule has 0 radical (unpaired) electrons. The van der Waals surface area contributed by atoms with Gasteiger partial charge in [0.2, 0.25) is 0 Å². The van der Waals surface area contributed by atoms with E-state index in [2.05, 4.69) is 45.0 Å². The molecule has 0 aromatic carbocycles. The lowest BCUT2D eigenvalue weighted by molar-refractivity contribution is 0.111. The predicted molar refractivity (Wildman–Crippen MR) is 78.7 cm³/mol. The van der Waals surface area contributed by atoms with Gasteiger partial charge in [-0.1, -0.05) is 27.7 Å². The maximum atomic E-state index is 3.58. The Labute approximate surface area is 114 Å². The van der Waals surface area contributed by atoms with Crippen molar-refractivity contribution in [3.63, 3.8) is 0 Å². The lowest BCUT2D eigenvalue weighted by Gasteiger charge is -2.41. The van der Waals surface area contributed by atoms with Crippen molar-refractivity contribution in [1.82, 2.24) is 10.2 Å². The Bertz CT molecular complexity index is 274. The third kappa shape index (κ3) is 3.27. The van der Waals surface area contributed by atoms with Crippen LogP contribution in [-0.2, 0) is 0 Å². The molecule has 2 fully saturated rings. The average Bonchev–Trinajstić information content (AvgIpc) is 2.61. The third-order valence-electron chi connectivity index (χ3n) is 5.27. The third-order valence-corrected chi connectivity index (χ3v) is 5.27. The molecule has 0 aromatic rings. The van der Waals surface area contributed by atoms with E-state index in [9.17, 15) is 0 Å². The zero-order valence-electron chi connectivity index (χ0n) is 13.0. The summed E-state index contributed by atoms with van der Waals surface area (Å²) in [5, 5.41) is 3.58. The van der Waals surface area contributed by atoms with Crippen molar-refractivity contribution in [2.24, 2.45) is 23.2 Å². The van der Waals surface area contributed by atoms with E-state index in [1.807, 2.05) is 0 Å². The molecule has 1 aliphatic heterocycles. The first kappa shape index (κ1) is 14.3. The molecule has 4 atom stereocenters. The quantitative estimate of drug-likeness (QED) is 0.831. The second kappa shape index (κ2) is 5.50. The molecule has 18 heavy (non-hydrogen) atoms. The van der Waals surface area contributed by atoms with Crippen LogP contribution in [0.4, 0.5) is 0 Å². The minimum atomic E-state index is 0.542. The molecule has 4 unspecified atom stereocenters. The normalized spacial score (nSPS) is 41.2. The number of hydrogen-bond acceptors (Lipinski definition) is 2. The van der Waals surface area contributed by atoms with Gasteiger partial charge < -0.3 is 10.2 Å². The van der Waals surface area contributed by atoms with Crippen molar-refractivity contribution in [2.75, 3.05) is 26.7 Å². The molecule has 0 spiro atoms. The zero-order chi connectivity index (χ0) is 13.3. The van der Waals surface area contributed by atoms with Gasteiger partial charge in [-0.25, -0.2) is 0 Å². The summed E-state index contributed by atoms with van der Waals surface area (Å²) in [6, 6.07) is 0.729. The molecule has 0 bridgehead atoms. The number of nitrogens with zero attached hydrogens (tertiary/aromatic N) is 1. The van der Waals surface area contributed by atoms with E-state index in [-0.39, 0.29) is 0 Å². The van der Waals surface area contributed by atoms with Crippen molar-refractivity contribution >= 4 is 0 Å². The van der Waals surface area contributed by atoms with Gasteiger partial charge in [-0.05, 0) is 56.0 Å². The van der Waals surface area contributed by atoms with Gasteiger partial charge in [-0.3, -0.25) is 0 Å². The number of hydrogen-bond donors (Lipinski definition) is 1. The van der Waals surface area contributed by atoms with Crippen molar-refractivity contribution in [3.05, 3.63) is 0 Å². The Morgan fingerprint density at radius 2 is 1.94 bits per heavy atom. The monoisotopic (exact) mass is 252 g/mol. The molecule has 1 heterocycles. The van der Waals surface area contributed by atoms with E-state index in [0.717, 1.165) is 23.8 Å². The highest BCUT2D eigenvalue weighted by Gasteiger charge is 2.37. The van der Waals surface area contributed by atoms with Gasteiger partial charge >= 0.3 is 0 Å². The molecule has 0 amide bonds. The summed E-state index contributed by atoms with van der Waals surface area (Å²) < 4.78 is 0. The van der Waals surface area contributed by atoms with Gasteiger partial charge in [0, 0.05) is 19.1 Å². The minimum absolute atomic E-state index is 0.542. The fourth-order valence-corrected chi connectivity index (χ4v) is 4.23. The van der Waals surface area contributed by atoms with Gasteiger partial charge in [-0.2, -0.15) is 0 Å². The summed E-state index contributed by atoms with van der Waals surface area (Å²) in [5.41, 5.74) is 0.542. The highest BCUT2D eigenvalue weighted by Crippen LogP contribution is 2.36. The summed E-state index contributed by atoms with van der Waals surface area (Å²) in [4.78, 5) is 2.71. The molecule has 2 heteroatoms. The summed E-state index contributed by atoms with van der Waals surface area (Å²) in [5.74, 6) is 2.61. The maximum Gasteiger partial charge on any atom is 0.0110 e. The fraction of sp³-hybridized carbons (Fsp3) is 1.00. The SMILES string of the molecule is CNC1CC(C)CC(C)C1CN1CCC(C)(C)C1. The number of likely N-dealkylation sites (tertiary alicyclic amines) is 1. The number of nitrogens with one attached hydrogen (secondary N) is 1.